The highest BCUT2D eigenvalue weighted by molar-refractivity contribution is 7.91. The molecule has 0 bridgehead atoms. The van der Waals surface area contributed by atoms with Crippen molar-refractivity contribution in [2.24, 2.45) is 0 Å². The Balaban J connectivity index is 2.63. The molecule has 0 unspecified atom stereocenters. The summed E-state index contributed by atoms with van der Waals surface area (Å²) in [4.78, 5) is 0.216. The fourth-order valence-corrected chi connectivity index (χ4v) is 2.58. The molecule has 0 aliphatic rings. The Hall–Kier alpha value is -1.35. The minimum absolute atomic E-state index is 0.0247. The van der Waals surface area contributed by atoms with Gasteiger partial charge < -0.3 is 5.32 Å². The number of nitrogens with zero attached hydrogens (tertiary/aromatic N) is 1. The molecule has 96 valence electrons. The summed E-state index contributed by atoms with van der Waals surface area (Å²) in [6.07, 6.45) is 0. The van der Waals surface area contributed by atoms with Crippen molar-refractivity contribution in [3.8, 4) is 6.07 Å². The second kappa shape index (κ2) is 6.55. The average Bonchev–Trinajstić information content (AvgIpc) is 2.34. The van der Waals surface area contributed by atoms with Gasteiger partial charge in [0, 0.05) is 18.1 Å². The molecule has 0 aliphatic carbocycles. The molecule has 1 aromatic rings. The summed E-state index contributed by atoms with van der Waals surface area (Å²) < 4.78 is 23.8. The van der Waals surface area contributed by atoms with Crippen molar-refractivity contribution in [2.75, 3.05) is 18.8 Å². The molecule has 6 heteroatoms. The Morgan fingerprint density at radius 3 is 2.50 bits per heavy atom. The van der Waals surface area contributed by atoms with E-state index in [1.54, 1.807) is 0 Å². The number of halogens is 1. The molecule has 0 fully saturated rings. The lowest BCUT2D eigenvalue weighted by Gasteiger charge is -2.05. The van der Waals surface area contributed by atoms with Gasteiger partial charge in [0.05, 0.1) is 22.3 Å². The summed E-state index contributed by atoms with van der Waals surface area (Å²) in [7, 11) is -3.33. The smallest absolute Gasteiger partial charge is 0.179 e. The first-order valence-corrected chi connectivity index (χ1v) is 7.25. The van der Waals surface area contributed by atoms with E-state index in [1.165, 1.54) is 24.3 Å². The average molecular weight is 285 g/mol. The molecule has 1 aromatic carbocycles. The lowest BCUT2D eigenvalue weighted by atomic mass is 10.2. The van der Waals surface area contributed by atoms with Gasteiger partial charge in [0.1, 0.15) is 0 Å². The highest BCUT2D eigenvalue weighted by Crippen LogP contribution is 2.11. The van der Waals surface area contributed by atoms with Gasteiger partial charge in [0.2, 0.25) is 0 Å². The maximum atomic E-state index is 11.9. The molecule has 0 aromatic heterocycles. The molecule has 18 heavy (non-hydrogen) atoms. The van der Waals surface area contributed by atoms with Crippen molar-refractivity contribution in [1.29, 1.82) is 5.26 Å². The van der Waals surface area contributed by atoms with Crippen molar-refractivity contribution in [3.63, 3.8) is 0 Å². The molecule has 0 saturated carbocycles. The topological polar surface area (TPSA) is 70.0 Å². The van der Waals surface area contributed by atoms with Crippen LogP contribution in [0.1, 0.15) is 5.56 Å². The van der Waals surface area contributed by atoms with Crippen molar-refractivity contribution in [3.05, 3.63) is 41.4 Å². The number of hydrogen-bond donors (Lipinski definition) is 1. The van der Waals surface area contributed by atoms with Crippen molar-refractivity contribution in [2.45, 2.75) is 4.90 Å². The van der Waals surface area contributed by atoms with Crippen LogP contribution >= 0.6 is 11.6 Å². The van der Waals surface area contributed by atoms with Crippen LogP contribution in [0.15, 0.2) is 40.8 Å². The molecule has 1 rings (SSSR count). The van der Waals surface area contributed by atoms with E-state index >= 15 is 0 Å². The van der Waals surface area contributed by atoms with E-state index < -0.39 is 9.84 Å². The minimum Gasteiger partial charge on any atom is -0.311 e. The summed E-state index contributed by atoms with van der Waals surface area (Å²) in [5.41, 5.74) is 0.436. The molecule has 4 nitrogen and oxygen atoms in total. The maximum absolute atomic E-state index is 11.9. The Kier molecular flexibility index (Phi) is 5.35. The van der Waals surface area contributed by atoms with Crippen LogP contribution < -0.4 is 5.32 Å². The Labute approximate surface area is 112 Å². The normalized spacial score (nSPS) is 10.9. The molecule has 0 saturated heterocycles. The van der Waals surface area contributed by atoms with E-state index in [4.69, 9.17) is 16.9 Å². The molecule has 0 aliphatic heterocycles. The first-order chi connectivity index (χ1) is 8.45. The van der Waals surface area contributed by atoms with Gasteiger partial charge in [-0.25, -0.2) is 8.42 Å². The van der Waals surface area contributed by atoms with Crippen LogP contribution in [-0.2, 0) is 9.84 Å². The number of nitriles is 1. The predicted octanol–water partition coefficient (Wildman–Crippen LogP) is 1.67. The van der Waals surface area contributed by atoms with E-state index in [0.717, 1.165) is 0 Å². The standard InChI is InChI=1S/C12H13ClN2O2S/c1-10(13)9-15-6-7-18(16,17)12-4-2-11(8-14)3-5-12/h2-5,15H,1,6-7,9H2. The molecule has 0 heterocycles. The van der Waals surface area contributed by atoms with E-state index in [1.807, 2.05) is 6.07 Å². The monoisotopic (exact) mass is 284 g/mol. The van der Waals surface area contributed by atoms with Gasteiger partial charge >= 0.3 is 0 Å². The molecule has 0 amide bonds. The molecule has 1 N–H and O–H groups in total. The Morgan fingerprint density at radius 2 is 2.00 bits per heavy atom. The molecule has 0 spiro atoms. The van der Waals surface area contributed by atoms with Gasteiger partial charge in [-0.2, -0.15) is 5.26 Å². The molecular formula is C12H13ClN2O2S. The van der Waals surface area contributed by atoms with Gasteiger partial charge in [-0.1, -0.05) is 18.2 Å². The first-order valence-electron chi connectivity index (χ1n) is 5.22. The zero-order valence-corrected chi connectivity index (χ0v) is 11.3. The van der Waals surface area contributed by atoms with Crippen LogP contribution in [-0.4, -0.2) is 27.3 Å². The lowest BCUT2D eigenvalue weighted by Crippen LogP contribution is -2.24. The van der Waals surface area contributed by atoms with Crippen LogP contribution in [0, 0.1) is 11.3 Å². The van der Waals surface area contributed by atoms with Gasteiger partial charge in [0.25, 0.3) is 0 Å². The first kappa shape index (κ1) is 14.7. The second-order valence-electron chi connectivity index (χ2n) is 3.65. The zero-order valence-electron chi connectivity index (χ0n) is 9.69. The van der Waals surface area contributed by atoms with Gasteiger partial charge in [0.15, 0.2) is 9.84 Å². The van der Waals surface area contributed by atoms with Crippen LogP contribution in [0.2, 0.25) is 0 Å². The summed E-state index contributed by atoms with van der Waals surface area (Å²) in [6.45, 7) is 4.17. The number of hydrogen-bond acceptors (Lipinski definition) is 4. The van der Waals surface area contributed by atoms with Gasteiger partial charge in [-0.05, 0) is 24.3 Å². The van der Waals surface area contributed by atoms with Crippen LogP contribution in [0.25, 0.3) is 0 Å². The Morgan fingerprint density at radius 1 is 1.39 bits per heavy atom. The number of rotatable bonds is 6. The van der Waals surface area contributed by atoms with Crippen LogP contribution in [0.4, 0.5) is 0 Å². The zero-order chi connectivity index (χ0) is 13.6. The Bertz CT molecular complexity index is 559. The highest BCUT2D eigenvalue weighted by atomic mass is 35.5. The van der Waals surface area contributed by atoms with Crippen LogP contribution in [0.5, 0.6) is 0 Å². The fourth-order valence-electron chi connectivity index (χ4n) is 1.29. The van der Waals surface area contributed by atoms with E-state index in [9.17, 15) is 8.42 Å². The lowest BCUT2D eigenvalue weighted by molar-refractivity contribution is 0.592. The molecule has 0 radical (unpaired) electrons. The largest absolute Gasteiger partial charge is 0.311 e. The summed E-state index contributed by atoms with van der Waals surface area (Å²) >= 11 is 5.54. The van der Waals surface area contributed by atoms with E-state index in [0.29, 0.717) is 23.7 Å². The highest BCUT2D eigenvalue weighted by Gasteiger charge is 2.13. The van der Waals surface area contributed by atoms with Crippen LogP contribution in [0.3, 0.4) is 0 Å². The second-order valence-corrected chi connectivity index (χ2v) is 6.29. The number of sulfone groups is 1. The molecular weight excluding hydrogens is 272 g/mol. The number of benzene rings is 1. The quantitative estimate of drug-likeness (QED) is 0.807. The van der Waals surface area contributed by atoms with Crippen molar-refractivity contribution < 1.29 is 8.42 Å². The van der Waals surface area contributed by atoms with Gasteiger partial charge in [-0.3, -0.25) is 0 Å². The van der Waals surface area contributed by atoms with Crippen molar-refractivity contribution in [1.82, 2.24) is 5.32 Å². The van der Waals surface area contributed by atoms with E-state index in [-0.39, 0.29) is 10.6 Å². The SMILES string of the molecule is C=C(Cl)CNCCS(=O)(=O)c1ccc(C#N)cc1. The maximum Gasteiger partial charge on any atom is 0.179 e. The third-order valence-corrected chi connectivity index (χ3v) is 4.07. The minimum atomic E-state index is -3.33. The predicted molar refractivity (Wildman–Crippen MR) is 71.1 cm³/mol. The third kappa shape index (κ3) is 4.49. The number of nitrogens with one attached hydrogen (secondary N) is 1. The summed E-state index contributed by atoms with van der Waals surface area (Å²) in [5, 5.41) is 11.9. The summed E-state index contributed by atoms with van der Waals surface area (Å²) in [6, 6.07) is 7.79. The van der Waals surface area contributed by atoms with Crippen molar-refractivity contribution >= 4 is 21.4 Å². The third-order valence-electron chi connectivity index (χ3n) is 2.21. The molecule has 0 atom stereocenters. The fraction of sp³-hybridized carbons (Fsp3) is 0.250. The summed E-state index contributed by atoms with van der Waals surface area (Å²) in [5.74, 6) is -0.0247. The van der Waals surface area contributed by atoms with Gasteiger partial charge in [-0.15, -0.1) is 0 Å². The van der Waals surface area contributed by atoms with E-state index in [2.05, 4.69) is 11.9 Å².